The van der Waals surface area contributed by atoms with Gasteiger partial charge in [-0.05, 0) is 44.7 Å². The van der Waals surface area contributed by atoms with Gasteiger partial charge in [-0.15, -0.1) is 0 Å². The molecule has 1 atom stereocenters. The van der Waals surface area contributed by atoms with Crippen molar-refractivity contribution in [1.82, 2.24) is 4.90 Å². The number of alkyl halides is 1. The highest BCUT2D eigenvalue weighted by molar-refractivity contribution is 5.73. The van der Waals surface area contributed by atoms with Crippen LogP contribution in [0, 0.1) is 5.92 Å². The number of carboxylic acids is 1. The predicted octanol–water partition coefficient (Wildman–Crippen LogP) is 1.92. The molecule has 1 rings (SSSR count). The Balaban J connectivity index is 2.38. The maximum absolute atomic E-state index is 12.1. The summed E-state index contributed by atoms with van der Waals surface area (Å²) in [7, 11) is 0. The number of halogens is 1. The Hall–Kier alpha value is -0.640. The molecule has 0 spiro atoms. The molecule has 0 aromatic heterocycles. The average Bonchev–Trinajstić information content (AvgIpc) is 2.21. The van der Waals surface area contributed by atoms with Crippen molar-refractivity contribution in [1.29, 1.82) is 0 Å². The SMILES string of the molecule is CC[C@@H](C(=O)O)N1CCC(CCF)CC1. The van der Waals surface area contributed by atoms with Crippen LogP contribution in [-0.4, -0.2) is 41.8 Å². The zero-order chi connectivity index (χ0) is 11.3. The van der Waals surface area contributed by atoms with E-state index in [0.29, 0.717) is 18.8 Å². The van der Waals surface area contributed by atoms with Gasteiger partial charge in [-0.25, -0.2) is 0 Å². The number of hydrogen-bond donors (Lipinski definition) is 1. The second-order valence-electron chi connectivity index (χ2n) is 4.22. The lowest BCUT2D eigenvalue weighted by atomic mass is 9.93. The molecule has 0 unspecified atom stereocenters. The zero-order valence-corrected chi connectivity index (χ0v) is 9.29. The minimum atomic E-state index is -0.735. The molecule has 0 aromatic carbocycles. The Morgan fingerprint density at radius 3 is 2.53 bits per heavy atom. The number of nitrogens with zero attached hydrogens (tertiary/aromatic N) is 1. The van der Waals surface area contributed by atoms with Crippen molar-refractivity contribution in [3.63, 3.8) is 0 Å². The van der Waals surface area contributed by atoms with Gasteiger partial charge in [-0.2, -0.15) is 0 Å². The maximum Gasteiger partial charge on any atom is 0.320 e. The van der Waals surface area contributed by atoms with Gasteiger partial charge in [0.15, 0.2) is 0 Å². The quantitative estimate of drug-likeness (QED) is 0.765. The summed E-state index contributed by atoms with van der Waals surface area (Å²) in [5.74, 6) is -0.279. The molecule has 1 N–H and O–H groups in total. The first-order chi connectivity index (χ1) is 7.19. The van der Waals surface area contributed by atoms with E-state index in [9.17, 15) is 9.18 Å². The van der Waals surface area contributed by atoms with Crippen molar-refractivity contribution in [2.45, 2.75) is 38.6 Å². The third-order valence-corrected chi connectivity index (χ3v) is 3.28. The molecule has 0 aliphatic carbocycles. The summed E-state index contributed by atoms with van der Waals surface area (Å²) < 4.78 is 12.1. The number of hydrogen-bond acceptors (Lipinski definition) is 2. The summed E-state index contributed by atoms with van der Waals surface area (Å²) in [6, 6.07) is -0.351. The molecule has 1 aliphatic heterocycles. The summed E-state index contributed by atoms with van der Waals surface area (Å²) in [5, 5.41) is 8.99. The van der Waals surface area contributed by atoms with Gasteiger partial charge in [0.2, 0.25) is 0 Å². The first-order valence-electron chi connectivity index (χ1n) is 5.71. The molecule has 0 amide bonds. The van der Waals surface area contributed by atoms with E-state index >= 15 is 0 Å². The zero-order valence-electron chi connectivity index (χ0n) is 9.29. The first-order valence-corrected chi connectivity index (χ1v) is 5.71. The highest BCUT2D eigenvalue weighted by Crippen LogP contribution is 2.22. The Morgan fingerprint density at radius 2 is 2.13 bits per heavy atom. The molecule has 1 aliphatic rings. The topological polar surface area (TPSA) is 40.5 Å². The van der Waals surface area contributed by atoms with Crippen LogP contribution in [0.5, 0.6) is 0 Å². The fourth-order valence-electron chi connectivity index (χ4n) is 2.30. The monoisotopic (exact) mass is 217 g/mol. The average molecular weight is 217 g/mol. The van der Waals surface area contributed by atoms with Crippen LogP contribution in [0.1, 0.15) is 32.6 Å². The lowest BCUT2D eigenvalue weighted by Gasteiger charge is -2.35. The van der Waals surface area contributed by atoms with Crippen molar-refractivity contribution in [2.24, 2.45) is 5.92 Å². The second-order valence-corrected chi connectivity index (χ2v) is 4.22. The highest BCUT2D eigenvalue weighted by Gasteiger charge is 2.27. The van der Waals surface area contributed by atoms with Gasteiger partial charge in [0.1, 0.15) is 6.04 Å². The van der Waals surface area contributed by atoms with Crippen molar-refractivity contribution in [2.75, 3.05) is 19.8 Å². The number of piperidine rings is 1. The summed E-state index contributed by atoms with van der Waals surface area (Å²) in [6.07, 6.45) is 3.15. The molecule has 1 saturated heterocycles. The van der Waals surface area contributed by atoms with E-state index in [4.69, 9.17) is 5.11 Å². The van der Waals surface area contributed by atoms with E-state index < -0.39 is 5.97 Å². The lowest BCUT2D eigenvalue weighted by Crippen LogP contribution is -2.45. The number of carboxylic acid groups (broad SMARTS) is 1. The minimum Gasteiger partial charge on any atom is -0.480 e. The third kappa shape index (κ3) is 3.45. The van der Waals surface area contributed by atoms with Gasteiger partial charge in [0.05, 0.1) is 6.67 Å². The summed E-state index contributed by atoms with van der Waals surface area (Å²) in [4.78, 5) is 12.9. The van der Waals surface area contributed by atoms with Crippen molar-refractivity contribution < 1.29 is 14.3 Å². The molecule has 3 nitrogen and oxygen atoms in total. The minimum absolute atomic E-state index is 0.249. The summed E-state index contributed by atoms with van der Waals surface area (Å²) in [6.45, 7) is 3.25. The van der Waals surface area contributed by atoms with Gasteiger partial charge < -0.3 is 5.11 Å². The van der Waals surface area contributed by atoms with Gasteiger partial charge >= 0.3 is 5.97 Å². The van der Waals surface area contributed by atoms with Crippen LogP contribution >= 0.6 is 0 Å². The Bertz CT molecular complexity index is 203. The summed E-state index contributed by atoms with van der Waals surface area (Å²) >= 11 is 0. The molecule has 1 heterocycles. The van der Waals surface area contributed by atoms with Gasteiger partial charge in [-0.1, -0.05) is 6.92 Å². The smallest absolute Gasteiger partial charge is 0.320 e. The van der Waals surface area contributed by atoms with Gasteiger partial charge in [0, 0.05) is 0 Å². The standard InChI is InChI=1S/C11H20FNO2/c1-2-10(11(14)15)13-7-4-9(3-6-12)5-8-13/h9-10H,2-8H2,1H3,(H,14,15)/t10-/m0/s1. The Kier molecular flexibility index (Phi) is 5.02. The lowest BCUT2D eigenvalue weighted by molar-refractivity contribution is -0.144. The molecule has 15 heavy (non-hydrogen) atoms. The Morgan fingerprint density at radius 1 is 1.53 bits per heavy atom. The summed E-state index contributed by atoms with van der Waals surface area (Å²) in [5.41, 5.74) is 0. The highest BCUT2D eigenvalue weighted by atomic mass is 19.1. The van der Waals surface area contributed by atoms with E-state index in [1.807, 2.05) is 11.8 Å². The van der Waals surface area contributed by atoms with Gasteiger partial charge in [0.25, 0.3) is 0 Å². The van der Waals surface area contributed by atoms with E-state index in [0.717, 1.165) is 25.9 Å². The normalized spacial score (nSPS) is 21.5. The Labute approximate surface area is 90.3 Å². The molecule has 1 fully saturated rings. The number of aliphatic carboxylic acids is 1. The van der Waals surface area contributed by atoms with E-state index in [1.54, 1.807) is 0 Å². The van der Waals surface area contributed by atoms with E-state index in [1.165, 1.54) is 0 Å². The number of carbonyl (C=O) groups is 1. The fraction of sp³-hybridized carbons (Fsp3) is 0.909. The number of rotatable bonds is 5. The van der Waals surface area contributed by atoms with Crippen LogP contribution in [0.25, 0.3) is 0 Å². The van der Waals surface area contributed by atoms with Crippen LogP contribution in [0.4, 0.5) is 4.39 Å². The second kappa shape index (κ2) is 6.05. The third-order valence-electron chi connectivity index (χ3n) is 3.28. The van der Waals surface area contributed by atoms with Crippen molar-refractivity contribution >= 4 is 5.97 Å². The molecular weight excluding hydrogens is 197 g/mol. The molecule has 0 saturated carbocycles. The predicted molar refractivity (Wildman–Crippen MR) is 56.6 cm³/mol. The van der Waals surface area contributed by atoms with E-state index in [-0.39, 0.29) is 12.7 Å². The molecular formula is C11H20FNO2. The molecule has 4 heteroatoms. The van der Waals surface area contributed by atoms with Crippen LogP contribution in [0.2, 0.25) is 0 Å². The van der Waals surface area contributed by atoms with Crippen LogP contribution < -0.4 is 0 Å². The molecule has 0 bridgehead atoms. The van der Waals surface area contributed by atoms with Gasteiger partial charge in [-0.3, -0.25) is 14.1 Å². The molecule has 88 valence electrons. The maximum atomic E-state index is 12.1. The van der Waals surface area contributed by atoms with Crippen molar-refractivity contribution in [3.8, 4) is 0 Å². The fourth-order valence-corrected chi connectivity index (χ4v) is 2.30. The molecule has 0 aromatic rings. The molecule has 0 radical (unpaired) electrons. The van der Waals surface area contributed by atoms with Crippen molar-refractivity contribution in [3.05, 3.63) is 0 Å². The van der Waals surface area contributed by atoms with E-state index in [2.05, 4.69) is 0 Å². The van der Waals surface area contributed by atoms with Crippen LogP contribution in [-0.2, 0) is 4.79 Å². The first kappa shape index (κ1) is 12.4. The van der Waals surface area contributed by atoms with Crippen LogP contribution in [0.15, 0.2) is 0 Å². The number of likely N-dealkylation sites (tertiary alicyclic amines) is 1. The largest absolute Gasteiger partial charge is 0.480 e. The van der Waals surface area contributed by atoms with Crippen LogP contribution in [0.3, 0.4) is 0 Å².